The third kappa shape index (κ3) is 3.67. The third-order valence-electron chi connectivity index (χ3n) is 2.27. The smallest absolute Gasteiger partial charge is 0.277 e. The Labute approximate surface area is 100 Å². The van der Waals surface area contributed by atoms with E-state index in [9.17, 15) is 15.2 Å². The third-order valence-corrected chi connectivity index (χ3v) is 2.27. The summed E-state index contributed by atoms with van der Waals surface area (Å²) in [7, 11) is 1.74. The molecule has 0 spiro atoms. The van der Waals surface area contributed by atoms with Gasteiger partial charge in [-0.25, -0.2) is 4.98 Å². The Morgan fingerprint density at radius 1 is 1.59 bits per heavy atom. The van der Waals surface area contributed by atoms with E-state index in [0.29, 0.717) is 17.9 Å². The average molecular weight is 239 g/mol. The topological polar surface area (TPSA) is 79.5 Å². The van der Waals surface area contributed by atoms with Crippen LogP contribution in [0.4, 0.5) is 11.5 Å². The summed E-state index contributed by atoms with van der Waals surface area (Å²) in [6.45, 7) is 5.34. The van der Waals surface area contributed by atoms with Crippen LogP contribution in [0.15, 0.2) is 12.3 Å². The van der Waals surface area contributed by atoms with Gasteiger partial charge in [0, 0.05) is 25.4 Å². The van der Waals surface area contributed by atoms with Crippen molar-refractivity contribution in [3.05, 3.63) is 27.9 Å². The van der Waals surface area contributed by atoms with E-state index in [0.717, 1.165) is 0 Å². The highest BCUT2D eigenvalue weighted by Crippen LogP contribution is 2.22. The summed E-state index contributed by atoms with van der Waals surface area (Å²) < 4.78 is 0. The summed E-state index contributed by atoms with van der Waals surface area (Å²) in [5.74, 6) is 0.476. The van der Waals surface area contributed by atoms with Crippen molar-refractivity contribution < 1.29 is 10.0 Å². The number of rotatable bonds is 4. The number of nitrogens with zero attached hydrogens (tertiary/aromatic N) is 3. The van der Waals surface area contributed by atoms with Crippen LogP contribution in [0, 0.1) is 17.0 Å². The predicted molar refractivity (Wildman–Crippen MR) is 65.2 cm³/mol. The van der Waals surface area contributed by atoms with Gasteiger partial charge in [-0.05, 0) is 20.8 Å². The standard InChI is InChI=1S/C11H17N3O3/c1-8-6-12-10(5-9(8)14(16)17)13(4)7-11(2,3)15/h5-6,15H,7H2,1-4H3. The lowest BCUT2D eigenvalue weighted by Gasteiger charge is -2.26. The van der Waals surface area contributed by atoms with E-state index in [-0.39, 0.29) is 5.69 Å². The number of hydrogen-bond donors (Lipinski definition) is 1. The highest BCUT2D eigenvalue weighted by Gasteiger charge is 2.19. The first kappa shape index (κ1) is 13.4. The van der Waals surface area contributed by atoms with Crippen LogP contribution in [-0.4, -0.2) is 34.2 Å². The number of aromatic nitrogens is 1. The first-order valence-corrected chi connectivity index (χ1v) is 5.25. The molecule has 0 bridgehead atoms. The van der Waals surface area contributed by atoms with Crippen LogP contribution in [0.5, 0.6) is 0 Å². The van der Waals surface area contributed by atoms with E-state index in [2.05, 4.69) is 4.98 Å². The van der Waals surface area contributed by atoms with Gasteiger partial charge in [-0.3, -0.25) is 10.1 Å². The molecule has 6 nitrogen and oxygen atoms in total. The van der Waals surface area contributed by atoms with E-state index < -0.39 is 10.5 Å². The zero-order chi connectivity index (χ0) is 13.2. The van der Waals surface area contributed by atoms with Gasteiger partial charge in [-0.1, -0.05) is 0 Å². The maximum atomic E-state index is 10.8. The molecule has 17 heavy (non-hydrogen) atoms. The van der Waals surface area contributed by atoms with Crippen LogP contribution < -0.4 is 4.90 Å². The van der Waals surface area contributed by atoms with Crippen molar-refractivity contribution in [3.63, 3.8) is 0 Å². The van der Waals surface area contributed by atoms with Gasteiger partial charge in [-0.2, -0.15) is 0 Å². The average Bonchev–Trinajstić information content (AvgIpc) is 2.14. The minimum atomic E-state index is -0.879. The molecule has 0 amide bonds. The quantitative estimate of drug-likeness (QED) is 0.636. The van der Waals surface area contributed by atoms with Crippen molar-refractivity contribution in [2.24, 2.45) is 0 Å². The maximum absolute atomic E-state index is 10.8. The number of aliphatic hydroxyl groups is 1. The van der Waals surface area contributed by atoms with Crippen molar-refractivity contribution in [2.75, 3.05) is 18.5 Å². The fourth-order valence-electron chi connectivity index (χ4n) is 1.57. The normalized spacial score (nSPS) is 11.4. The van der Waals surface area contributed by atoms with Gasteiger partial charge in [0.05, 0.1) is 16.6 Å². The zero-order valence-electron chi connectivity index (χ0n) is 10.5. The predicted octanol–water partition coefficient (Wildman–Crippen LogP) is 1.51. The van der Waals surface area contributed by atoms with Crippen LogP contribution in [0.2, 0.25) is 0 Å². The molecule has 1 heterocycles. The van der Waals surface area contributed by atoms with E-state index in [1.165, 1.54) is 12.3 Å². The van der Waals surface area contributed by atoms with Crippen LogP contribution in [-0.2, 0) is 0 Å². The fraction of sp³-hybridized carbons (Fsp3) is 0.545. The highest BCUT2D eigenvalue weighted by molar-refractivity contribution is 5.50. The molecule has 0 atom stereocenters. The molecule has 1 aromatic heterocycles. The summed E-state index contributed by atoms with van der Waals surface area (Å²) in [4.78, 5) is 16.2. The Balaban J connectivity index is 3.00. The second kappa shape index (κ2) is 4.67. The molecule has 0 aliphatic carbocycles. The van der Waals surface area contributed by atoms with Gasteiger partial charge in [-0.15, -0.1) is 0 Å². The first-order chi connectivity index (χ1) is 7.70. The Hall–Kier alpha value is -1.69. The van der Waals surface area contributed by atoms with Gasteiger partial charge < -0.3 is 10.0 Å². The van der Waals surface area contributed by atoms with E-state index in [4.69, 9.17) is 0 Å². The lowest BCUT2D eigenvalue weighted by atomic mass is 10.1. The number of pyridine rings is 1. The van der Waals surface area contributed by atoms with Crippen LogP contribution in [0.3, 0.4) is 0 Å². The maximum Gasteiger partial charge on any atom is 0.277 e. The molecular formula is C11H17N3O3. The van der Waals surface area contributed by atoms with Crippen molar-refractivity contribution in [3.8, 4) is 0 Å². The lowest BCUT2D eigenvalue weighted by Crippen LogP contribution is -2.36. The Kier molecular flexibility index (Phi) is 3.67. The van der Waals surface area contributed by atoms with E-state index in [1.54, 1.807) is 32.7 Å². The summed E-state index contributed by atoms with van der Waals surface area (Å²) >= 11 is 0. The summed E-state index contributed by atoms with van der Waals surface area (Å²) in [6.07, 6.45) is 1.47. The SMILES string of the molecule is Cc1cnc(N(C)CC(C)(C)O)cc1[N+](=O)[O-]. The van der Waals surface area contributed by atoms with Crippen LogP contribution >= 0.6 is 0 Å². The number of nitro groups is 1. The molecule has 6 heteroatoms. The zero-order valence-corrected chi connectivity index (χ0v) is 10.5. The molecule has 0 aliphatic heterocycles. The first-order valence-electron chi connectivity index (χ1n) is 5.25. The Morgan fingerprint density at radius 3 is 2.65 bits per heavy atom. The van der Waals surface area contributed by atoms with E-state index in [1.807, 2.05) is 0 Å². The van der Waals surface area contributed by atoms with Crippen LogP contribution in [0.1, 0.15) is 19.4 Å². The second-order valence-corrected chi connectivity index (χ2v) is 4.75. The van der Waals surface area contributed by atoms with Crippen molar-refractivity contribution in [1.82, 2.24) is 4.98 Å². The molecule has 0 radical (unpaired) electrons. The number of hydrogen-bond acceptors (Lipinski definition) is 5. The second-order valence-electron chi connectivity index (χ2n) is 4.75. The Bertz CT molecular complexity index is 426. The van der Waals surface area contributed by atoms with Gasteiger partial charge in [0.25, 0.3) is 5.69 Å². The molecule has 1 N–H and O–H groups in total. The largest absolute Gasteiger partial charge is 0.389 e. The van der Waals surface area contributed by atoms with E-state index >= 15 is 0 Å². The molecular weight excluding hydrogens is 222 g/mol. The van der Waals surface area contributed by atoms with Gasteiger partial charge in [0.2, 0.25) is 0 Å². The monoisotopic (exact) mass is 239 g/mol. The van der Waals surface area contributed by atoms with Gasteiger partial charge in [0.15, 0.2) is 0 Å². The summed E-state index contributed by atoms with van der Waals surface area (Å²) in [5, 5.41) is 20.5. The molecule has 0 fully saturated rings. The molecule has 0 aliphatic rings. The summed E-state index contributed by atoms with van der Waals surface area (Å²) in [5.41, 5.74) is -0.316. The molecule has 0 aromatic carbocycles. The summed E-state index contributed by atoms with van der Waals surface area (Å²) in [6, 6.07) is 1.42. The molecule has 0 saturated carbocycles. The number of likely N-dealkylation sites (N-methyl/N-ethyl adjacent to an activating group) is 1. The lowest BCUT2D eigenvalue weighted by molar-refractivity contribution is -0.385. The van der Waals surface area contributed by atoms with Crippen molar-refractivity contribution in [1.29, 1.82) is 0 Å². The minimum Gasteiger partial charge on any atom is -0.389 e. The van der Waals surface area contributed by atoms with Gasteiger partial charge >= 0.3 is 0 Å². The molecule has 1 aromatic rings. The van der Waals surface area contributed by atoms with Crippen molar-refractivity contribution in [2.45, 2.75) is 26.4 Å². The number of anilines is 1. The molecule has 94 valence electrons. The number of aryl methyl sites for hydroxylation is 1. The fourth-order valence-corrected chi connectivity index (χ4v) is 1.57. The molecule has 1 rings (SSSR count). The molecule has 0 unspecified atom stereocenters. The Morgan fingerprint density at radius 2 is 2.18 bits per heavy atom. The molecule has 0 saturated heterocycles. The highest BCUT2D eigenvalue weighted by atomic mass is 16.6. The van der Waals surface area contributed by atoms with Crippen molar-refractivity contribution >= 4 is 11.5 Å². The minimum absolute atomic E-state index is 0.0394. The van der Waals surface area contributed by atoms with Crippen LogP contribution in [0.25, 0.3) is 0 Å². The van der Waals surface area contributed by atoms with Gasteiger partial charge in [0.1, 0.15) is 5.82 Å².